The van der Waals surface area contributed by atoms with Gasteiger partial charge in [0, 0.05) is 17.7 Å². The Hall–Kier alpha value is -1.16. The van der Waals surface area contributed by atoms with Crippen LogP contribution in [0, 0.1) is 5.92 Å². The molecule has 0 fully saturated rings. The van der Waals surface area contributed by atoms with Gasteiger partial charge in [0.2, 0.25) is 0 Å². The molecule has 0 aromatic carbocycles. The molecule has 0 radical (unpaired) electrons. The van der Waals surface area contributed by atoms with Gasteiger partial charge in [0.25, 0.3) is 0 Å². The van der Waals surface area contributed by atoms with E-state index in [-0.39, 0.29) is 23.3 Å². The quantitative estimate of drug-likeness (QED) is 0.821. The van der Waals surface area contributed by atoms with E-state index in [0.717, 1.165) is 5.69 Å². The Balaban J connectivity index is 2.91. The topological polar surface area (TPSA) is 57.8 Å². The van der Waals surface area contributed by atoms with Crippen molar-refractivity contribution in [2.45, 2.75) is 46.2 Å². The van der Waals surface area contributed by atoms with E-state index in [1.807, 2.05) is 34.6 Å². The Morgan fingerprint density at radius 2 is 2.06 bits per heavy atom. The number of aromatic amines is 1. The van der Waals surface area contributed by atoms with Gasteiger partial charge in [0.15, 0.2) is 5.78 Å². The second-order valence-electron chi connectivity index (χ2n) is 5.39. The normalized spacial score (nSPS) is 14.1. The lowest BCUT2D eigenvalue weighted by atomic mass is 9.96. The molecule has 0 bridgehead atoms. The third-order valence-electron chi connectivity index (χ3n) is 2.26. The van der Waals surface area contributed by atoms with Crippen LogP contribution in [0.4, 0.5) is 0 Å². The number of hydrogen-bond donors (Lipinski definition) is 2. The second-order valence-corrected chi connectivity index (χ2v) is 5.39. The molecule has 2 N–H and O–H groups in total. The highest BCUT2D eigenvalue weighted by Gasteiger charge is 2.27. The molecule has 4 heteroatoms. The number of aromatic nitrogens is 2. The van der Waals surface area contributed by atoms with Gasteiger partial charge in [-0.3, -0.25) is 10.1 Å². The van der Waals surface area contributed by atoms with Gasteiger partial charge in [0.05, 0.1) is 12.0 Å². The average molecular weight is 223 g/mol. The van der Waals surface area contributed by atoms with Crippen LogP contribution in [0.5, 0.6) is 0 Å². The summed E-state index contributed by atoms with van der Waals surface area (Å²) >= 11 is 0. The number of nitrogens with one attached hydrogen (secondary N) is 2. The number of Topliss-reactive ketones (excluding diaryl/α,β-unsaturated/α-hetero) is 1. The van der Waals surface area contributed by atoms with Crippen LogP contribution in [0.25, 0.3) is 0 Å². The number of rotatable bonds is 4. The maximum Gasteiger partial charge on any atom is 0.158 e. The number of carbonyl (C=O) groups excluding carboxylic acids is 1. The first-order valence-corrected chi connectivity index (χ1v) is 5.61. The van der Waals surface area contributed by atoms with E-state index >= 15 is 0 Å². The third-order valence-corrected chi connectivity index (χ3v) is 2.26. The van der Waals surface area contributed by atoms with Crippen LogP contribution in [-0.2, 0) is 4.79 Å². The smallest absolute Gasteiger partial charge is 0.158 e. The minimum absolute atomic E-state index is 0.00292. The van der Waals surface area contributed by atoms with E-state index in [1.165, 1.54) is 0 Å². The lowest BCUT2D eigenvalue weighted by molar-refractivity contribution is -0.124. The van der Waals surface area contributed by atoms with E-state index in [2.05, 4.69) is 15.3 Å². The molecule has 0 spiro atoms. The fourth-order valence-corrected chi connectivity index (χ4v) is 1.49. The van der Waals surface area contributed by atoms with Crippen molar-refractivity contribution in [1.82, 2.24) is 15.3 Å². The highest BCUT2D eigenvalue weighted by atomic mass is 16.1. The molecule has 1 atom stereocenters. The minimum Gasteiger partial charge on any atom is -0.347 e. The predicted molar refractivity (Wildman–Crippen MR) is 64.1 cm³/mol. The van der Waals surface area contributed by atoms with Gasteiger partial charge in [-0.1, -0.05) is 13.8 Å². The van der Waals surface area contributed by atoms with Gasteiger partial charge >= 0.3 is 0 Å². The van der Waals surface area contributed by atoms with Crippen LogP contribution in [0.1, 0.15) is 46.4 Å². The van der Waals surface area contributed by atoms with Crippen molar-refractivity contribution in [2.75, 3.05) is 0 Å². The van der Waals surface area contributed by atoms with E-state index in [9.17, 15) is 4.79 Å². The van der Waals surface area contributed by atoms with Crippen molar-refractivity contribution in [3.8, 4) is 0 Å². The van der Waals surface area contributed by atoms with Crippen molar-refractivity contribution in [1.29, 1.82) is 0 Å². The molecule has 0 aliphatic rings. The lowest BCUT2D eigenvalue weighted by Crippen LogP contribution is -2.43. The lowest BCUT2D eigenvalue weighted by Gasteiger charge is -2.28. The Morgan fingerprint density at radius 3 is 2.44 bits per heavy atom. The average Bonchev–Trinajstić information content (AvgIpc) is 2.64. The first kappa shape index (κ1) is 12.9. The zero-order chi connectivity index (χ0) is 12.3. The minimum atomic E-state index is -0.303. The van der Waals surface area contributed by atoms with Crippen molar-refractivity contribution in [2.24, 2.45) is 5.92 Å². The molecule has 16 heavy (non-hydrogen) atoms. The van der Waals surface area contributed by atoms with Gasteiger partial charge in [-0.2, -0.15) is 0 Å². The number of ketones is 1. The Kier molecular flexibility index (Phi) is 3.86. The van der Waals surface area contributed by atoms with E-state index < -0.39 is 0 Å². The van der Waals surface area contributed by atoms with Crippen LogP contribution in [0.2, 0.25) is 0 Å². The van der Waals surface area contributed by atoms with E-state index in [1.54, 1.807) is 12.5 Å². The number of hydrogen-bond acceptors (Lipinski definition) is 3. The number of nitrogens with zero attached hydrogens (tertiary/aromatic N) is 1. The summed E-state index contributed by atoms with van der Waals surface area (Å²) in [6, 6.07) is -0.303. The summed E-state index contributed by atoms with van der Waals surface area (Å²) in [6.45, 7) is 9.96. The van der Waals surface area contributed by atoms with Crippen LogP contribution in [0.3, 0.4) is 0 Å². The van der Waals surface area contributed by atoms with E-state index in [0.29, 0.717) is 0 Å². The molecule has 0 aliphatic heterocycles. The van der Waals surface area contributed by atoms with Gasteiger partial charge < -0.3 is 4.98 Å². The molecule has 90 valence electrons. The van der Waals surface area contributed by atoms with Gasteiger partial charge in [-0.15, -0.1) is 0 Å². The van der Waals surface area contributed by atoms with Crippen LogP contribution in [-0.4, -0.2) is 21.3 Å². The largest absolute Gasteiger partial charge is 0.347 e. The van der Waals surface area contributed by atoms with Gasteiger partial charge in [-0.25, -0.2) is 4.98 Å². The number of carbonyl (C=O) groups is 1. The molecule has 0 saturated carbocycles. The molecular formula is C12H21N3O. The summed E-state index contributed by atoms with van der Waals surface area (Å²) in [5.41, 5.74) is 0.717. The Labute approximate surface area is 96.9 Å². The third kappa shape index (κ3) is 3.45. The number of imidazole rings is 1. The van der Waals surface area contributed by atoms with Gasteiger partial charge in [-0.05, 0) is 20.8 Å². The molecule has 4 nitrogen and oxygen atoms in total. The summed E-state index contributed by atoms with van der Waals surface area (Å²) in [6.07, 6.45) is 3.30. The fourth-order valence-electron chi connectivity index (χ4n) is 1.49. The first-order chi connectivity index (χ1) is 7.31. The zero-order valence-corrected chi connectivity index (χ0v) is 10.7. The SMILES string of the molecule is CC(C)C(=O)C(NC(C)(C)C)c1cnc[nH]1. The standard InChI is InChI=1S/C12H21N3O/c1-8(2)11(16)10(15-12(3,4)5)9-6-13-7-14-9/h6-8,10,15H,1-5H3,(H,13,14). The van der Waals surface area contributed by atoms with Crippen LogP contribution < -0.4 is 5.32 Å². The second kappa shape index (κ2) is 4.78. The molecule has 0 saturated heterocycles. The predicted octanol–water partition coefficient (Wildman–Crippen LogP) is 2.06. The zero-order valence-electron chi connectivity index (χ0n) is 10.7. The monoisotopic (exact) mass is 223 g/mol. The summed E-state index contributed by atoms with van der Waals surface area (Å²) < 4.78 is 0. The summed E-state index contributed by atoms with van der Waals surface area (Å²) in [4.78, 5) is 19.1. The molecule has 1 aromatic heterocycles. The Morgan fingerprint density at radius 1 is 1.44 bits per heavy atom. The summed E-state index contributed by atoms with van der Waals surface area (Å²) in [5.74, 6) is 0.183. The van der Waals surface area contributed by atoms with Crippen LogP contribution in [0.15, 0.2) is 12.5 Å². The highest BCUT2D eigenvalue weighted by Crippen LogP contribution is 2.18. The molecule has 1 rings (SSSR count). The molecular weight excluding hydrogens is 202 g/mol. The molecule has 0 aliphatic carbocycles. The fraction of sp³-hybridized carbons (Fsp3) is 0.667. The maximum atomic E-state index is 12.1. The first-order valence-electron chi connectivity index (χ1n) is 5.61. The summed E-state index contributed by atoms with van der Waals surface area (Å²) in [7, 11) is 0. The van der Waals surface area contributed by atoms with Crippen LogP contribution >= 0.6 is 0 Å². The molecule has 1 unspecified atom stereocenters. The van der Waals surface area contributed by atoms with Crippen molar-refractivity contribution in [3.63, 3.8) is 0 Å². The van der Waals surface area contributed by atoms with E-state index in [4.69, 9.17) is 0 Å². The van der Waals surface area contributed by atoms with Crippen molar-refractivity contribution in [3.05, 3.63) is 18.2 Å². The maximum absolute atomic E-state index is 12.1. The van der Waals surface area contributed by atoms with Crippen molar-refractivity contribution >= 4 is 5.78 Å². The molecule has 1 aromatic rings. The Bertz CT molecular complexity index is 336. The highest BCUT2D eigenvalue weighted by molar-refractivity contribution is 5.86. The number of H-pyrrole nitrogens is 1. The van der Waals surface area contributed by atoms with Gasteiger partial charge in [0.1, 0.15) is 6.04 Å². The molecule has 0 amide bonds. The molecule has 1 heterocycles. The summed E-state index contributed by atoms with van der Waals surface area (Å²) in [5, 5.41) is 3.32. The van der Waals surface area contributed by atoms with Crippen molar-refractivity contribution < 1.29 is 4.79 Å².